The molecule has 133 heavy (non-hydrogen) atoms. The summed E-state index contributed by atoms with van der Waals surface area (Å²) in [6.07, 6.45) is 9.21. The molecule has 15 nitrogen and oxygen atoms in total. The summed E-state index contributed by atoms with van der Waals surface area (Å²) in [5.41, 5.74) is 24.7. The number of aromatic nitrogens is 5. The summed E-state index contributed by atoms with van der Waals surface area (Å²) in [5, 5.41) is 19.2. The van der Waals surface area contributed by atoms with Gasteiger partial charge >= 0.3 is 0 Å². The van der Waals surface area contributed by atoms with Crippen LogP contribution in [-0.2, 0) is 0 Å². The van der Waals surface area contributed by atoms with Crippen LogP contribution in [-0.4, -0.2) is 24.9 Å². The summed E-state index contributed by atoms with van der Waals surface area (Å²) in [5.74, 6) is 0.961. The maximum atomic E-state index is 7.43. The van der Waals surface area contributed by atoms with Crippen molar-refractivity contribution in [2.24, 2.45) is 0 Å². The van der Waals surface area contributed by atoms with E-state index in [2.05, 4.69) is 170 Å². The molecule has 0 saturated heterocycles. The first-order chi connectivity index (χ1) is 65.3. The van der Waals surface area contributed by atoms with Crippen molar-refractivity contribution in [1.82, 2.24) is 24.9 Å². The highest BCUT2D eigenvalue weighted by molar-refractivity contribution is 6.18. The van der Waals surface area contributed by atoms with Crippen LogP contribution >= 0.6 is 0 Å². The van der Waals surface area contributed by atoms with Gasteiger partial charge in [0.1, 0.15) is 55.8 Å². The van der Waals surface area contributed by atoms with Crippen molar-refractivity contribution in [2.45, 2.75) is 39.5 Å². The van der Waals surface area contributed by atoms with Crippen LogP contribution in [0.15, 0.2) is 387 Å². The zero-order chi connectivity index (χ0) is 90.3. The molecule has 0 bridgehead atoms. The number of rotatable bonds is 8. The smallest absolute Gasteiger partial charge is 0.229 e. The SMILES string of the molecule is [C-]#[N+]c1ccc2c(c1)oc1c(-c3cc(-c4ccccc4)ccn3)cccc12.[C-]#[N+]c1ccc2c(c1)oc1c(-c3nccc4cc(C(C)C)ccc34)cccc12.[C-]#[N+]c1ccc2c(c1)oc1c(-c3nccc4ccccc34)cccc12.[C-]#[N+]c1ccc2oc3c(-c4nccc5ccccc45)cccc3c2c1.[C-]#[N+]c1cccc2c1oc1c(-c3nccc4cc(C(C)C)ccc34)cccc12. The monoisotopic (exact) mass is 1710 g/mol. The van der Waals surface area contributed by atoms with E-state index in [1.165, 1.54) is 21.9 Å². The zero-order valence-electron chi connectivity index (χ0n) is 72.3. The lowest BCUT2D eigenvalue weighted by Crippen LogP contribution is -1.90. The van der Waals surface area contributed by atoms with Gasteiger partial charge in [-0.25, -0.2) is 24.2 Å². The Hall–Kier alpha value is -18.5. The van der Waals surface area contributed by atoms with Crippen molar-refractivity contribution in [3.05, 3.63) is 433 Å². The van der Waals surface area contributed by atoms with E-state index in [9.17, 15) is 0 Å². The van der Waals surface area contributed by atoms with E-state index < -0.39 is 0 Å². The summed E-state index contributed by atoms with van der Waals surface area (Å²) in [6, 6.07) is 111. The molecule has 0 aliphatic heterocycles. The average molecular weight is 1710 g/mol. The quantitative estimate of drug-likeness (QED) is 0.134. The number of nitrogens with zero attached hydrogens (tertiary/aromatic N) is 10. The predicted molar refractivity (Wildman–Crippen MR) is 540 cm³/mol. The van der Waals surface area contributed by atoms with Crippen LogP contribution in [0.5, 0.6) is 0 Å². The molecule has 0 atom stereocenters. The number of hydrogen-bond donors (Lipinski definition) is 0. The van der Waals surface area contributed by atoms with Gasteiger partial charge in [-0.1, -0.05) is 264 Å². The molecule has 0 unspecified atom stereocenters. The highest BCUT2D eigenvalue weighted by Crippen LogP contribution is 2.47. The summed E-state index contributed by atoms with van der Waals surface area (Å²) >= 11 is 0. The Morgan fingerprint density at radius 1 is 0.218 bits per heavy atom. The zero-order valence-corrected chi connectivity index (χ0v) is 72.3. The molecule has 25 rings (SSSR count). The Morgan fingerprint density at radius 3 is 1.00 bits per heavy atom. The molecule has 0 aliphatic rings. The Morgan fingerprint density at radius 2 is 0.556 bits per heavy atom. The minimum Gasteiger partial charge on any atom is -0.466 e. The van der Waals surface area contributed by atoms with Gasteiger partial charge in [-0.3, -0.25) is 24.9 Å². The molecule has 626 valence electrons. The van der Waals surface area contributed by atoms with E-state index in [0.717, 1.165) is 204 Å². The molecule has 10 heterocycles. The molecule has 0 amide bonds. The number of hydrogen-bond acceptors (Lipinski definition) is 10. The number of pyridine rings is 5. The molecule has 0 radical (unpaired) electrons. The number of para-hydroxylation sites is 6. The molecular weight excluding hydrogens is 1640 g/mol. The van der Waals surface area contributed by atoms with E-state index in [0.29, 0.717) is 45.9 Å². The second-order valence-corrected chi connectivity index (χ2v) is 33.0. The first-order valence-electron chi connectivity index (χ1n) is 43.5. The van der Waals surface area contributed by atoms with Crippen LogP contribution < -0.4 is 0 Å². The van der Waals surface area contributed by atoms with Crippen molar-refractivity contribution in [3.8, 4) is 67.4 Å². The van der Waals surface area contributed by atoms with Crippen molar-refractivity contribution in [2.75, 3.05) is 0 Å². The molecule has 0 N–H and O–H groups in total. The third-order valence-corrected chi connectivity index (χ3v) is 24.5. The largest absolute Gasteiger partial charge is 0.466 e. The van der Waals surface area contributed by atoms with Gasteiger partial charge in [-0.2, -0.15) is 0 Å². The Kier molecular flexibility index (Phi) is 21.3. The summed E-state index contributed by atoms with van der Waals surface area (Å²) in [4.78, 5) is 40.9. The van der Waals surface area contributed by atoms with E-state index >= 15 is 0 Å². The Labute approximate surface area is 763 Å². The second kappa shape index (κ2) is 34.7. The molecular formula is C118H74N10O5. The topological polar surface area (TPSA) is 152 Å². The van der Waals surface area contributed by atoms with Crippen LogP contribution in [0.4, 0.5) is 28.4 Å². The van der Waals surface area contributed by atoms with Crippen molar-refractivity contribution in [1.29, 1.82) is 0 Å². The standard InChI is InChI=1S/2C25H18N2O.C24H14N2O.2C22H12N2O/c1-15(2)16-10-11-18-17(14-16)12-13-27-23(18)21-8-4-6-19-20-7-5-9-22(26-3)25(20)28-24(19)21;1-15(2)16-7-9-19-17(13-16)11-12-27-24(19)22-6-4-5-21-20-10-8-18(26-3)14-23(20)28-25(21)22;1-25-18-10-11-19-20-8-5-9-21(24(20)27-23(19)15-18)22-14-17(12-13-26-22)16-6-3-2-4-7-16;1-23-15-9-10-17-18-7-4-8-19(22(18)25-20(17)13-15)21-16-6-3-2-5-14(16)11-12-24-21;1-23-15-9-10-20-19(13-15)17-7-4-8-18(22(17)25-20)21-16-6-3-2-5-14(16)11-12-24-21/h2*4-15H,1-2H3;2-15H;2*2-13H. The summed E-state index contributed by atoms with van der Waals surface area (Å²) in [6.45, 7) is 45.1. The Balaban J connectivity index is 0.000000100. The molecule has 15 aromatic carbocycles. The molecule has 10 aromatic heterocycles. The Bertz CT molecular complexity index is 9120. The van der Waals surface area contributed by atoms with Gasteiger partial charge in [-0.15, -0.1) is 0 Å². The van der Waals surface area contributed by atoms with Gasteiger partial charge in [0.15, 0.2) is 22.7 Å². The van der Waals surface area contributed by atoms with Crippen LogP contribution in [0.25, 0.3) is 244 Å². The van der Waals surface area contributed by atoms with Crippen LogP contribution in [0.2, 0.25) is 0 Å². The summed E-state index contributed by atoms with van der Waals surface area (Å²) < 4.78 is 30.9. The van der Waals surface area contributed by atoms with Crippen molar-refractivity contribution < 1.29 is 22.1 Å². The molecule has 0 fully saturated rings. The first-order valence-corrected chi connectivity index (χ1v) is 43.5. The third-order valence-electron chi connectivity index (χ3n) is 24.5. The molecule has 15 heteroatoms. The van der Waals surface area contributed by atoms with E-state index in [1.807, 2.05) is 231 Å². The average Bonchev–Trinajstić information content (AvgIpc) is 1.52. The third kappa shape index (κ3) is 15.1. The molecule has 0 aliphatic carbocycles. The fraction of sp³-hybridized carbons (Fsp3) is 0.0508. The van der Waals surface area contributed by atoms with Gasteiger partial charge in [0.25, 0.3) is 0 Å². The van der Waals surface area contributed by atoms with Gasteiger partial charge in [0.2, 0.25) is 5.69 Å². The lowest BCUT2D eigenvalue weighted by atomic mass is 9.97. The highest BCUT2D eigenvalue weighted by atomic mass is 16.3. The highest BCUT2D eigenvalue weighted by Gasteiger charge is 2.23. The minimum atomic E-state index is 0.479. The fourth-order valence-electron chi connectivity index (χ4n) is 17.9. The fourth-order valence-corrected chi connectivity index (χ4v) is 17.9. The van der Waals surface area contributed by atoms with Crippen LogP contribution in [0, 0.1) is 32.9 Å². The summed E-state index contributed by atoms with van der Waals surface area (Å²) in [7, 11) is 0. The van der Waals surface area contributed by atoms with Crippen LogP contribution in [0.3, 0.4) is 0 Å². The molecule has 0 saturated carbocycles. The van der Waals surface area contributed by atoms with E-state index in [1.54, 1.807) is 30.3 Å². The van der Waals surface area contributed by atoms with Gasteiger partial charge in [-0.05, 0) is 153 Å². The molecule has 0 spiro atoms. The number of benzene rings is 15. The van der Waals surface area contributed by atoms with E-state index in [-0.39, 0.29) is 0 Å². The lowest BCUT2D eigenvalue weighted by Gasteiger charge is -2.10. The predicted octanol–water partition coefficient (Wildman–Crippen LogP) is 34.5. The maximum Gasteiger partial charge on any atom is 0.229 e. The van der Waals surface area contributed by atoms with Gasteiger partial charge < -0.3 is 22.1 Å². The van der Waals surface area contributed by atoms with Gasteiger partial charge in [0, 0.05) is 134 Å². The van der Waals surface area contributed by atoms with Crippen LogP contribution in [0.1, 0.15) is 50.7 Å². The maximum absolute atomic E-state index is 7.43. The number of furan rings is 5. The normalized spacial score (nSPS) is 11.3. The lowest BCUT2D eigenvalue weighted by molar-refractivity contribution is 0.669. The second-order valence-electron chi connectivity index (χ2n) is 33.0. The van der Waals surface area contributed by atoms with Gasteiger partial charge in [0.05, 0.1) is 61.3 Å². The molecule has 25 aromatic rings. The van der Waals surface area contributed by atoms with E-state index in [4.69, 9.17) is 64.9 Å². The first kappa shape index (κ1) is 81.6. The van der Waals surface area contributed by atoms with Crippen molar-refractivity contribution in [3.63, 3.8) is 0 Å². The van der Waals surface area contributed by atoms with Crippen molar-refractivity contribution >= 4 is 181 Å². The number of fused-ring (bicyclic) bond motifs is 19. The minimum absolute atomic E-state index is 0.479.